The van der Waals surface area contributed by atoms with Gasteiger partial charge in [0.25, 0.3) is 0 Å². The van der Waals surface area contributed by atoms with Crippen molar-refractivity contribution in [2.45, 2.75) is 114 Å². The van der Waals surface area contributed by atoms with E-state index in [-0.39, 0.29) is 42.6 Å². The van der Waals surface area contributed by atoms with Gasteiger partial charge in [0.15, 0.2) is 0 Å². The van der Waals surface area contributed by atoms with Gasteiger partial charge in [0.05, 0.1) is 19.8 Å². The Morgan fingerprint density at radius 3 is 2.47 bits per heavy atom. The summed E-state index contributed by atoms with van der Waals surface area (Å²) in [4.78, 5) is 42.9. The number of ether oxygens (including phenoxy) is 4. The molecule has 3 aromatic carbocycles. The van der Waals surface area contributed by atoms with Crippen molar-refractivity contribution in [2.75, 3.05) is 38.9 Å². The van der Waals surface area contributed by atoms with Crippen LogP contribution in [0, 0.1) is 11.8 Å². The number of aromatic nitrogens is 1. The Morgan fingerprint density at radius 1 is 0.922 bits per heavy atom. The molecule has 1 amide bonds. The van der Waals surface area contributed by atoms with Gasteiger partial charge in [-0.3, -0.25) is 9.78 Å². The number of hydrogen-bond acceptors (Lipinski definition) is 9. The van der Waals surface area contributed by atoms with Crippen LogP contribution in [-0.2, 0) is 43.8 Å². The summed E-state index contributed by atoms with van der Waals surface area (Å²) in [5.41, 5.74) is 4.84. The summed E-state index contributed by atoms with van der Waals surface area (Å²) in [6.45, 7) is 6.15. The molecule has 1 heterocycles. The lowest BCUT2D eigenvalue weighted by atomic mass is 9.59. The summed E-state index contributed by atoms with van der Waals surface area (Å²) in [6, 6.07) is 21.5. The van der Waals surface area contributed by atoms with Crippen molar-refractivity contribution in [1.82, 2.24) is 10.3 Å². The van der Waals surface area contributed by atoms with Gasteiger partial charge in [0, 0.05) is 48.1 Å². The molecular formula is C51H62ClN3O9. The largest absolute Gasteiger partial charge is 0.494 e. The molecule has 3 aliphatic carbocycles. The summed E-state index contributed by atoms with van der Waals surface area (Å²) >= 11 is 6.31. The molecule has 0 aliphatic heterocycles. The molecule has 1 fully saturated rings. The third-order valence-electron chi connectivity index (χ3n) is 13.6. The average Bonchev–Trinajstić information content (AvgIpc) is 3.56. The number of rotatable bonds is 21. The minimum absolute atomic E-state index is 0.0962. The second-order valence-corrected chi connectivity index (χ2v) is 18.6. The second kappa shape index (κ2) is 21.1. The maximum atomic E-state index is 13.1. The van der Waals surface area contributed by atoms with Crippen molar-refractivity contribution in [1.29, 1.82) is 0 Å². The van der Waals surface area contributed by atoms with E-state index in [1.54, 1.807) is 43.5 Å². The lowest BCUT2D eigenvalue weighted by molar-refractivity contribution is -0.144. The number of fused-ring (bicyclic) bond motifs is 3. The van der Waals surface area contributed by atoms with Crippen LogP contribution in [0.25, 0.3) is 0 Å². The van der Waals surface area contributed by atoms with Gasteiger partial charge in [-0.15, -0.1) is 0 Å². The van der Waals surface area contributed by atoms with Crippen LogP contribution in [0.15, 0.2) is 79.0 Å². The standard InChI is InChI=1S/C51H62ClN3O9/c1-33(32-64-45-17-22-53-43-13-4-8-34(2)47(43)45)26-37-29-36-15-16-41(31-42(36)50(37)18-20-51(21-19-50,49(59)60)55-39-11-6-10-38(52)30-39)62-23-7-14-46(56)54-44(48(57)58)28-35-9-5-12-40(27-35)63-25-24-61-3/h5-6,9-12,15-17,22,27,30-31,33-34,37,44,55H,4,7-8,13-14,18-21,23-26,28-29,32H2,1-3H3,(H,54,56)(H,57,58)(H,59,60)/t33-,34-,37?,44+,50?,51?/m1/s1. The number of carboxylic acid groups (broad SMARTS) is 2. The molecule has 12 nitrogen and oxygen atoms in total. The Morgan fingerprint density at radius 2 is 1.70 bits per heavy atom. The highest BCUT2D eigenvalue weighted by Crippen LogP contribution is 2.57. The number of aliphatic carboxylic acids is 2. The molecule has 1 unspecified atom stereocenters. The highest BCUT2D eigenvalue weighted by Gasteiger charge is 2.54. The minimum Gasteiger partial charge on any atom is -0.494 e. The van der Waals surface area contributed by atoms with E-state index in [9.17, 15) is 24.6 Å². The molecule has 0 bridgehead atoms. The van der Waals surface area contributed by atoms with Gasteiger partial charge >= 0.3 is 11.9 Å². The van der Waals surface area contributed by atoms with Crippen molar-refractivity contribution < 1.29 is 43.5 Å². The van der Waals surface area contributed by atoms with Gasteiger partial charge in [0.2, 0.25) is 5.91 Å². The number of methoxy groups -OCH3 is 1. The van der Waals surface area contributed by atoms with E-state index in [1.807, 2.05) is 30.5 Å². The minimum atomic E-state index is -1.15. The van der Waals surface area contributed by atoms with Crippen LogP contribution in [0.5, 0.6) is 17.2 Å². The quantitative estimate of drug-likeness (QED) is 0.0590. The monoisotopic (exact) mass is 895 g/mol. The number of benzene rings is 3. The number of carbonyl (C=O) groups excluding carboxylic acids is 1. The summed E-state index contributed by atoms with van der Waals surface area (Å²) in [6.07, 6.45) is 9.72. The second-order valence-electron chi connectivity index (χ2n) is 18.1. The maximum Gasteiger partial charge on any atom is 0.329 e. The summed E-state index contributed by atoms with van der Waals surface area (Å²) < 4.78 is 23.6. The molecule has 342 valence electrons. The lowest BCUT2D eigenvalue weighted by Crippen LogP contribution is -2.53. The van der Waals surface area contributed by atoms with Gasteiger partial charge < -0.3 is 39.8 Å². The van der Waals surface area contributed by atoms with Crippen molar-refractivity contribution in [3.63, 3.8) is 0 Å². The van der Waals surface area contributed by atoms with Gasteiger partial charge in [0.1, 0.15) is 35.4 Å². The molecule has 1 aromatic heterocycles. The number of aryl methyl sites for hydroxylation is 1. The Labute approximate surface area is 381 Å². The summed E-state index contributed by atoms with van der Waals surface area (Å²) in [5.74, 6) is 0.787. The van der Waals surface area contributed by atoms with E-state index in [2.05, 4.69) is 41.6 Å². The van der Waals surface area contributed by atoms with E-state index >= 15 is 0 Å². The van der Waals surface area contributed by atoms with Crippen LogP contribution < -0.4 is 24.8 Å². The predicted octanol–water partition coefficient (Wildman–Crippen LogP) is 9.20. The van der Waals surface area contributed by atoms with E-state index < -0.39 is 23.5 Å². The first-order valence-corrected chi connectivity index (χ1v) is 23.1. The van der Waals surface area contributed by atoms with E-state index in [1.165, 1.54) is 16.7 Å². The zero-order valence-electron chi connectivity index (χ0n) is 37.2. The summed E-state index contributed by atoms with van der Waals surface area (Å²) in [5, 5.41) is 27.2. The fourth-order valence-corrected chi connectivity index (χ4v) is 10.5. The first-order valence-electron chi connectivity index (χ1n) is 22.7. The Hall–Kier alpha value is -5.33. The van der Waals surface area contributed by atoms with E-state index in [0.717, 1.165) is 49.1 Å². The van der Waals surface area contributed by atoms with Crippen molar-refractivity contribution in [3.8, 4) is 17.2 Å². The SMILES string of the molecule is COCCOc1cccc(C[C@H](NC(=O)CCCOc2ccc3c(c2)C2(CCC(Nc4cccc(Cl)c4)(C(=O)O)CC2)C(C[C@@H](C)COc2ccnc4c2[C@H](C)CCC4)C3)C(=O)O)c1. The fourth-order valence-electron chi connectivity index (χ4n) is 10.3. The lowest BCUT2D eigenvalue weighted by Gasteiger charge is -2.47. The first-order chi connectivity index (χ1) is 30.9. The Kier molecular flexibility index (Phi) is 15.4. The number of amides is 1. The molecule has 3 aliphatic rings. The third kappa shape index (κ3) is 11.1. The molecule has 4 atom stereocenters. The van der Waals surface area contributed by atoms with Gasteiger partial charge in [-0.05, 0) is 153 Å². The number of anilines is 1. The molecule has 1 spiro atoms. The van der Waals surface area contributed by atoms with Crippen molar-refractivity contribution >= 4 is 35.1 Å². The number of carbonyl (C=O) groups is 3. The molecule has 0 radical (unpaired) electrons. The Balaban J connectivity index is 1.01. The van der Waals surface area contributed by atoms with Gasteiger partial charge in [-0.25, -0.2) is 9.59 Å². The number of hydrogen-bond donors (Lipinski definition) is 4. The zero-order chi connectivity index (χ0) is 45.3. The van der Waals surface area contributed by atoms with Crippen LogP contribution in [0.3, 0.4) is 0 Å². The van der Waals surface area contributed by atoms with Crippen LogP contribution >= 0.6 is 11.6 Å². The molecule has 4 N–H and O–H groups in total. The van der Waals surface area contributed by atoms with Crippen LogP contribution in [0.2, 0.25) is 5.02 Å². The third-order valence-corrected chi connectivity index (χ3v) is 13.8. The number of carboxylic acids is 2. The average molecular weight is 897 g/mol. The number of pyridine rings is 1. The van der Waals surface area contributed by atoms with E-state index in [0.29, 0.717) is 80.1 Å². The van der Waals surface area contributed by atoms with Gasteiger partial charge in [-0.2, -0.15) is 0 Å². The molecule has 7 rings (SSSR count). The van der Waals surface area contributed by atoms with Crippen molar-refractivity contribution in [2.24, 2.45) is 11.8 Å². The van der Waals surface area contributed by atoms with Crippen molar-refractivity contribution in [3.05, 3.63) is 112 Å². The number of halogens is 1. The Bertz CT molecular complexity index is 2260. The highest BCUT2D eigenvalue weighted by molar-refractivity contribution is 6.30. The molecule has 1 saturated carbocycles. The molecular weight excluding hydrogens is 834 g/mol. The zero-order valence-corrected chi connectivity index (χ0v) is 38.0. The maximum absolute atomic E-state index is 13.1. The highest BCUT2D eigenvalue weighted by atomic mass is 35.5. The van der Waals surface area contributed by atoms with Crippen LogP contribution in [0.4, 0.5) is 5.69 Å². The first kappa shape index (κ1) is 46.7. The normalized spacial score (nSPS) is 22.1. The number of nitrogens with zero attached hydrogens (tertiary/aromatic N) is 1. The van der Waals surface area contributed by atoms with Gasteiger partial charge in [-0.1, -0.05) is 49.7 Å². The van der Waals surface area contributed by atoms with Crippen LogP contribution in [-0.4, -0.2) is 78.2 Å². The number of nitrogens with one attached hydrogen (secondary N) is 2. The molecule has 4 aromatic rings. The topological polar surface area (TPSA) is 166 Å². The predicted molar refractivity (Wildman–Crippen MR) is 246 cm³/mol. The molecule has 64 heavy (non-hydrogen) atoms. The van der Waals surface area contributed by atoms with Crippen LogP contribution in [0.1, 0.15) is 106 Å². The molecule has 13 heteroatoms. The van der Waals surface area contributed by atoms with E-state index in [4.69, 9.17) is 30.5 Å². The summed E-state index contributed by atoms with van der Waals surface area (Å²) in [7, 11) is 1.59. The fraction of sp³-hybridized carbons (Fsp3) is 0.490. The smallest absolute Gasteiger partial charge is 0.329 e. The molecule has 0 saturated heterocycles.